The molecule has 4 rings (SSSR count). The molecule has 1 amide bonds. The predicted molar refractivity (Wildman–Crippen MR) is 64.6 cm³/mol. The largest absolute Gasteiger partial charge is 0.338 e. The van der Waals surface area contributed by atoms with Gasteiger partial charge >= 0.3 is 0 Å². The molecular weight excluding hydrogens is 214 g/mol. The highest BCUT2D eigenvalue weighted by atomic mass is 16.2. The fourth-order valence-electron chi connectivity index (χ4n) is 4.26. The van der Waals surface area contributed by atoms with E-state index in [1.165, 1.54) is 19.5 Å². The van der Waals surface area contributed by atoms with Gasteiger partial charge in [-0.1, -0.05) is 0 Å². The lowest BCUT2D eigenvalue weighted by Crippen LogP contribution is -2.59. The van der Waals surface area contributed by atoms with Gasteiger partial charge in [0.05, 0.1) is 6.04 Å². The van der Waals surface area contributed by atoms with Crippen molar-refractivity contribution in [3.63, 3.8) is 0 Å². The van der Waals surface area contributed by atoms with Crippen LogP contribution < -0.4 is 5.32 Å². The summed E-state index contributed by atoms with van der Waals surface area (Å²) in [5, 5.41) is 3.42. The topological polar surface area (TPSA) is 35.6 Å². The third kappa shape index (κ3) is 1.54. The minimum atomic E-state index is 0.425. The zero-order valence-corrected chi connectivity index (χ0v) is 10.3. The molecule has 0 aromatic rings. The highest BCUT2D eigenvalue weighted by Crippen LogP contribution is 2.53. The minimum Gasteiger partial charge on any atom is -0.338 e. The van der Waals surface area contributed by atoms with Gasteiger partial charge in [-0.25, -0.2) is 0 Å². The average molecular weight is 235 g/mol. The molecule has 94 valence electrons. The summed E-state index contributed by atoms with van der Waals surface area (Å²) in [6, 6.07) is 1.23. The van der Waals surface area contributed by atoms with E-state index in [4.69, 9.17) is 0 Å². The highest BCUT2D eigenvalue weighted by Gasteiger charge is 2.58. The molecule has 0 aromatic carbocycles. The lowest BCUT2D eigenvalue weighted by atomic mass is 9.92. The molecule has 4 aliphatic rings. The average Bonchev–Trinajstić information content (AvgIpc) is 3.04. The summed E-state index contributed by atoms with van der Waals surface area (Å²) in [4.78, 5) is 16.8. The zero-order valence-electron chi connectivity index (χ0n) is 10.3. The monoisotopic (exact) mass is 235 g/mol. The first-order valence-electron chi connectivity index (χ1n) is 7.09. The number of rotatable bonds is 1. The first kappa shape index (κ1) is 10.3. The Kier molecular flexibility index (Phi) is 2.24. The summed E-state index contributed by atoms with van der Waals surface area (Å²) in [5.74, 6) is 2.13. The maximum atomic E-state index is 12.0. The molecule has 3 saturated heterocycles. The summed E-state index contributed by atoms with van der Waals surface area (Å²) in [6.07, 6.45) is 3.27. The molecule has 1 saturated carbocycles. The second kappa shape index (κ2) is 3.69. The standard InChI is InChI=1S/C13H21N3O/c17-12-2-1-11(15-5-3-14-4-6-15)13-10-7-9(10)8-16(12)13/h9-11,13-14H,1-8H2. The third-order valence-electron chi connectivity index (χ3n) is 5.20. The number of fused-ring (bicyclic) bond motifs is 3. The second-order valence-corrected chi connectivity index (χ2v) is 6.09. The van der Waals surface area contributed by atoms with Crippen LogP contribution in [0.4, 0.5) is 0 Å². The molecule has 0 spiro atoms. The van der Waals surface area contributed by atoms with Gasteiger partial charge in [-0.2, -0.15) is 0 Å². The van der Waals surface area contributed by atoms with Crippen LogP contribution in [0.3, 0.4) is 0 Å². The van der Waals surface area contributed by atoms with Gasteiger partial charge in [-0.05, 0) is 24.7 Å². The highest BCUT2D eigenvalue weighted by molar-refractivity contribution is 5.78. The van der Waals surface area contributed by atoms with E-state index in [-0.39, 0.29) is 0 Å². The molecule has 0 bridgehead atoms. The van der Waals surface area contributed by atoms with Crippen LogP contribution in [0.15, 0.2) is 0 Å². The number of hydrogen-bond donors (Lipinski definition) is 1. The van der Waals surface area contributed by atoms with E-state index in [1.54, 1.807) is 0 Å². The van der Waals surface area contributed by atoms with Crippen LogP contribution >= 0.6 is 0 Å². The summed E-state index contributed by atoms with van der Waals surface area (Å²) in [7, 11) is 0. The SMILES string of the molecule is O=C1CCC(N2CCNCC2)C2C3CC3CN12. The molecule has 1 aliphatic carbocycles. The Bertz CT molecular complexity index is 340. The number of carbonyl (C=O) groups excluding carboxylic acids is 1. The van der Waals surface area contributed by atoms with Gasteiger partial charge in [0.15, 0.2) is 0 Å². The van der Waals surface area contributed by atoms with Crippen LogP contribution in [0.5, 0.6) is 0 Å². The van der Waals surface area contributed by atoms with E-state index in [2.05, 4.69) is 15.1 Å². The van der Waals surface area contributed by atoms with Gasteiger partial charge < -0.3 is 10.2 Å². The number of piperidine rings is 2. The van der Waals surface area contributed by atoms with Crippen molar-refractivity contribution in [2.24, 2.45) is 11.8 Å². The van der Waals surface area contributed by atoms with Crippen LogP contribution in [0.2, 0.25) is 0 Å². The van der Waals surface area contributed by atoms with Gasteiger partial charge in [0.25, 0.3) is 0 Å². The smallest absolute Gasteiger partial charge is 0.222 e. The Morgan fingerprint density at radius 3 is 2.88 bits per heavy atom. The fraction of sp³-hybridized carbons (Fsp3) is 0.923. The molecule has 4 heteroatoms. The summed E-state index contributed by atoms with van der Waals surface area (Å²) >= 11 is 0. The quantitative estimate of drug-likeness (QED) is 0.689. The van der Waals surface area contributed by atoms with Gasteiger partial charge in [-0.3, -0.25) is 9.69 Å². The summed E-state index contributed by atoms with van der Waals surface area (Å²) < 4.78 is 0. The molecule has 17 heavy (non-hydrogen) atoms. The van der Waals surface area contributed by atoms with Gasteiger partial charge in [-0.15, -0.1) is 0 Å². The number of amides is 1. The second-order valence-electron chi connectivity index (χ2n) is 6.09. The van der Waals surface area contributed by atoms with Crippen LogP contribution in [0, 0.1) is 11.8 Å². The molecule has 4 unspecified atom stereocenters. The van der Waals surface area contributed by atoms with Crippen LogP contribution in [0.25, 0.3) is 0 Å². The van der Waals surface area contributed by atoms with E-state index >= 15 is 0 Å². The van der Waals surface area contributed by atoms with Crippen molar-refractivity contribution in [3.05, 3.63) is 0 Å². The molecule has 0 radical (unpaired) electrons. The number of nitrogens with zero attached hydrogens (tertiary/aromatic N) is 2. The van der Waals surface area contributed by atoms with Crippen molar-refractivity contribution >= 4 is 5.91 Å². The molecule has 3 heterocycles. The number of nitrogens with one attached hydrogen (secondary N) is 1. The first-order chi connectivity index (χ1) is 8.34. The first-order valence-corrected chi connectivity index (χ1v) is 7.09. The van der Waals surface area contributed by atoms with E-state index in [1.807, 2.05) is 0 Å². The van der Waals surface area contributed by atoms with Crippen LogP contribution in [0.1, 0.15) is 19.3 Å². The van der Waals surface area contributed by atoms with Gasteiger partial charge in [0.2, 0.25) is 5.91 Å². The Balaban J connectivity index is 1.56. The molecule has 0 aromatic heterocycles. The summed E-state index contributed by atoms with van der Waals surface area (Å²) in [5.41, 5.74) is 0. The van der Waals surface area contributed by atoms with Crippen molar-refractivity contribution in [1.82, 2.24) is 15.1 Å². The van der Waals surface area contributed by atoms with E-state index in [0.717, 1.165) is 44.3 Å². The maximum Gasteiger partial charge on any atom is 0.222 e. The fourth-order valence-corrected chi connectivity index (χ4v) is 4.26. The Morgan fingerprint density at radius 2 is 2.06 bits per heavy atom. The molecular formula is C13H21N3O. The van der Waals surface area contributed by atoms with Crippen molar-refractivity contribution in [1.29, 1.82) is 0 Å². The van der Waals surface area contributed by atoms with Gasteiger partial charge in [0, 0.05) is 45.2 Å². The zero-order chi connectivity index (χ0) is 11.4. The van der Waals surface area contributed by atoms with E-state index < -0.39 is 0 Å². The lowest BCUT2D eigenvalue weighted by molar-refractivity contribution is -0.138. The van der Waals surface area contributed by atoms with Crippen molar-refractivity contribution in [2.45, 2.75) is 31.3 Å². The predicted octanol–water partition coefficient (Wildman–Crippen LogP) is -0.0991. The molecule has 1 N–H and O–H groups in total. The van der Waals surface area contributed by atoms with E-state index in [0.29, 0.717) is 18.0 Å². The minimum absolute atomic E-state index is 0.425. The number of carbonyl (C=O) groups is 1. The van der Waals surface area contributed by atoms with Crippen LogP contribution in [-0.2, 0) is 4.79 Å². The van der Waals surface area contributed by atoms with E-state index in [9.17, 15) is 4.79 Å². The van der Waals surface area contributed by atoms with Crippen molar-refractivity contribution in [2.75, 3.05) is 32.7 Å². The Morgan fingerprint density at radius 1 is 1.24 bits per heavy atom. The summed E-state index contributed by atoms with van der Waals surface area (Å²) in [6.45, 7) is 5.63. The van der Waals surface area contributed by atoms with Crippen molar-refractivity contribution in [3.8, 4) is 0 Å². The number of piperazine rings is 1. The molecule has 4 nitrogen and oxygen atoms in total. The van der Waals surface area contributed by atoms with Crippen molar-refractivity contribution < 1.29 is 4.79 Å². The maximum absolute atomic E-state index is 12.0. The molecule has 3 aliphatic heterocycles. The Labute approximate surface area is 102 Å². The Hall–Kier alpha value is -0.610. The molecule has 4 fully saturated rings. The number of hydrogen-bond acceptors (Lipinski definition) is 3. The lowest BCUT2D eigenvalue weighted by Gasteiger charge is -2.45. The third-order valence-corrected chi connectivity index (χ3v) is 5.20. The molecule has 4 atom stereocenters. The normalized spacial score (nSPS) is 45.6. The van der Waals surface area contributed by atoms with Gasteiger partial charge in [0.1, 0.15) is 0 Å². The van der Waals surface area contributed by atoms with Crippen LogP contribution in [-0.4, -0.2) is 60.5 Å².